The van der Waals surface area contributed by atoms with E-state index in [1.807, 2.05) is 0 Å². The number of unbranched alkanes of at least 4 members (excludes halogenated alkanes) is 3. The smallest absolute Gasteiger partial charge is 0.373 e. The van der Waals surface area contributed by atoms with Crippen molar-refractivity contribution in [3.8, 4) is 0 Å². The van der Waals surface area contributed by atoms with Crippen LogP contribution in [0.2, 0.25) is 0 Å². The number of rotatable bonds is 8. The summed E-state index contributed by atoms with van der Waals surface area (Å²) < 4.78 is 68.8. The summed E-state index contributed by atoms with van der Waals surface area (Å²) in [5.41, 5.74) is -5.38. The van der Waals surface area contributed by atoms with Crippen LogP contribution in [0.1, 0.15) is 71.1 Å². The van der Waals surface area contributed by atoms with Crippen LogP contribution in [0.25, 0.3) is 0 Å². The van der Waals surface area contributed by atoms with Crippen LogP contribution in [-0.2, 0) is 19.0 Å². The van der Waals surface area contributed by atoms with Gasteiger partial charge in [-0.3, -0.25) is 4.18 Å². The summed E-state index contributed by atoms with van der Waals surface area (Å²) in [6, 6.07) is 0. The first-order chi connectivity index (χ1) is 10.8. The average molecular weight is 360 g/mol. The maximum Gasteiger partial charge on any atom is 0.523 e. The molecule has 0 N–H and O–H groups in total. The molecule has 4 nitrogen and oxygen atoms in total. The Hall–Kier alpha value is -0.340. The first-order valence-electron chi connectivity index (χ1n) is 8.37. The maximum atomic E-state index is 12.3. The van der Waals surface area contributed by atoms with Crippen LogP contribution < -0.4 is 0 Å². The van der Waals surface area contributed by atoms with E-state index >= 15 is 0 Å². The summed E-state index contributed by atoms with van der Waals surface area (Å²) in [5.74, 6) is 0. The van der Waals surface area contributed by atoms with Crippen molar-refractivity contribution in [3.63, 3.8) is 0 Å². The summed E-state index contributed by atoms with van der Waals surface area (Å²) in [7, 11) is -5.54. The van der Waals surface area contributed by atoms with Crippen molar-refractivity contribution in [1.29, 1.82) is 0 Å². The number of alkyl halides is 3. The van der Waals surface area contributed by atoms with Gasteiger partial charge < -0.3 is 4.74 Å². The number of hydrogen-bond donors (Lipinski definition) is 0. The molecule has 1 fully saturated rings. The van der Waals surface area contributed by atoms with Crippen LogP contribution >= 0.6 is 0 Å². The highest BCUT2D eigenvalue weighted by Crippen LogP contribution is 2.27. The fourth-order valence-electron chi connectivity index (χ4n) is 2.70. The lowest BCUT2D eigenvalue weighted by molar-refractivity contribution is -0.0710. The van der Waals surface area contributed by atoms with Crippen molar-refractivity contribution in [2.45, 2.75) is 88.8 Å². The second-order valence-corrected chi connectivity index (χ2v) is 7.66. The van der Waals surface area contributed by atoms with Gasteiger partial charge in [0.25, 0.3) is 0 Å². The molecule has 2 atom stereocenters. The predicted molar refractivity (Wildman–Crippen MR) is 81.4 cm³/mol. The van der Waals surface area contributed by atoms with E-state index < -0.39 is 28.3 Å². The van der Waals surface area contributed by atoms with Gasteiger partial charge in [-0.15, -0.1) is 0 Å². The van der Waals surface area contributed by atoms with E-state index in [1.54, 1.807) is 0 Å². The van der Waals surface area contributed by atoms with Crippen molar-refractivity contribution >= 4 is 10.1 Å². The Kier molecular flexibility index (Phi) is 8.85. The molecule has 0 aromatic carbocycles. The highest BCUT2D eigenvalue weighted by molar-refractivity contribution is 7.87. The first kappa shape index (κ1) is 20.7. The van der Waals surface area contributed by atoms with Crippen molar-refractivity contribution < 1.29 is 30.5 Å². The lowest BCUT2D eigenvalue weighted by atomic mass is 10.00. The van der Waals surface area contributed by atoms with E-state index in [4.69, 9.17) is 4.74 Å². The highest BCUT2D eigenvalue weighted by atomic mass is 32.2. The molecule has 0 spiro atoms. The van der Waals surface area contributed by atoms with Gasteiger partial charge in [-0.1, -0.05) is 51.9 Å². The molecular formula is C15H27F3O4S. The van der Waals surface area contributed by atoms with Gasteiger partial charge in [0.05, 0.1) is 18.8 Å². The molecule has 0 radical (unpaired) electrons. The minimum Gasteiger partial charge on any atom is -0.373 e. The second kappa shape index (κ2) is 9.84. The molecule has 1 saturated heterocycles. The van der Waals surface area contributed by atoms with Gasteiger partial charge in [-0.05, 0) is 19.3 Å². The summed E-state index contributed by atoms with van der Waals surface area (Å²) in [6.07, 6.45) is 8.90. The molecule has 0 aromatic rings. The van der Waals surface area contributed by atoms with E-state index in [2.05, 4.69) is 11.1 Å². The van der Waals surface area contributed by atoms with Crippen LogP contribution in [0.15, 0.2) is 0 Å². The molecule has 0 bridgehead atoms. The zero-order chi connectivity index (χ0) is 17.3. The fraction of sp³-hybridized carbons (Fsp3) is 1.00. The minimum atomic E-state index is -5.54. The monoisotopic (exact) mass is 360 g/mol. The Morgan fingerprint density at radius 3 is 2.30 bits per heavy atom. The molecule has 0 amide bonds. The largest absolute Gasteiger partial charge is 0.523 e. The van der Waals surface area contributed by atoms with Crippen LogP contribution in [0.3, 0.4) is 0 Å². The maximum absolute atomic E-state index is 12.3. The Morgan fingerprint density at radius 2 is 1.70 bits per heavy atom. The molecule has 1 aliphatic heterocycles. The van der Waals surface area contributed by atoms with E-state index in [9.17, 15) is 21.6 Å². The molecule has 1 heterocycles. The first-order valence-corrected chi connectivity index (χ1v) is 9.78. The zero-order valence-corrected chi connectivity index (χ0v) is 14.4. The molecule has 1 aliphatic rings. The van der Waals surface area contributed by atoms with Crippen molar-refractivity contribution in [1.82, 2.24) is 0 Å². The van der Waals surface area contributed by atoms with Crippen LogP contribution in [0, 0.1) is 0 Å². The molecule has 1 rings (SSSR count). The molecule has 0 aromatic heterocycles. The van der Waals surface area contributed by atoms with Gasteiger partial charge in [-0.25, -0.2) is 0 Å². The summed E-state index contributed by atoms with van der Waals surface area (Å²) in [6.45, 7) is 1.56. The number of ether oxygens (including phenoxy) is 1. The van der Waals surface area contributed by atoms with Gasteiger partial charge >= 0.3 is 15.6 Å². The Labute approximate surface area is 136 Å². The average Bonchev–Trinajstić information content (AvgIpc) is 2.43. The molecule has 0 saturated carbocycles. The van der Waals surface area contributed by atoms with Gasteiger partial charge in [0.15, 0.2) is 0 Å². The molecule has 8 heteroatoms. The molecule has 0 unspecified atom stereocenters. The summed E-state index contributed by atoms with van der Waals surface area (Å²) in [5, 5.41) is 0. The third-order valence-electron chi connectivity index (χ3n) is 4.01. The minimum absolute atomic E-state index is 0.0191. The summed E-state index contributed by atoms with van der Waals surface area (Å²) in [4.78, 5) is 0. The van der Waals surface area contributed by atoms with Crippen molar-refractivity contribution in [3.05, 3.63) is 0 Å². The van der Waals surface area contributed by atoms with E-state index in [0.717, 1.165) is 57.8 Å². The van der Waals surface area contributed by atoms with Gasteiger partial charge in [0.2, 0.25) is 0 Å². The van der Waals surface area contributed by atoms with Crippen LogP contribution in [0.5, 0.6) is 0 Å². The van der Waals surface area contributed by atoms with Gasteiger partial charge in [0, 0.05) is 0 Å². The molecule has 0 aliphatic carbocycles. The van der Waals surface area contributed by atoms with Crippen molar-refractivity contribution in [2.75, 3.05) is 6.61 Å². The SMILES string of the molecule is CCCCCC[C@H]1CCCCC[C@@H](COS(=O)(=O)C(F)(F)F)O1. The lowest BCUT2D eigenvalue weighted by Crippen LogP contribution is -2.32. The lowest BCUT2D eigenvalue weighted by Gasteiger charge is -2.27. The number of halogens is 3. The molecule has 138 valence electrons. The third kappa shape index (κ3) is 7.85. The Bertz CT molecular complexity index is 423. The third-order valence-corrected chi connectivity index (χ3v) is 5.02. The van der Waals surface area contributed by atoms with Gasteiger partial charge in [-0.2, -0.15) is 21.6 Å². The number of hydrogen-bond acceptors (Lipinski definition) is 4. The van der Waals surface area contributed by atoms with E-state index in [1.165, 1.54) is 0 Å². The van der Waals surface area contributed by atoms with Crippen molar-refractivity contribution in [2.24, 2.45) is 0 Å². The Morgan fingerprint density at radius 1 is 1.04 bits per heavy atom. The second-order valence-electron chi connectivity index (χ2n) is 6.05. The normalized spacial score (nSPS) is 24.2. The molecule has 23 heavy (non-hydrogen) atoms. The summed E-state index contributed by atoms with van der Waals surface area (Å²) >= 11 is 0. The highest BCUT2D eigenvalue weighted by Gasteiger charge is 2.47. The fourth-order valence-corrected chi connectivity index (χ4v) is 3.16. The van der Waals surface area contributed by atoms with Crippen LogP contribution in [0.4, 0.5) is 13.2 Å². The van der Waals surface area contributed by atoms with Crippen LogP contribution in [-0.4, -0.2) is 32.7 Å². The quantitative estimate of drug-likeness (QED) is 0.362. The van der Waals surface area contributed by atoms with E-state index in [-0.39, 0.29) is 6.10 Å². The topological polar surface area (TPSA) is 52.6 Å². The molecular weight excluding hydrogens is 333 g/mol. The predicted octanol–water partition coefficient (Wildman–Crippen LogP) is 4.54. The van der Waals surface area contributed by atoms with Gasteiger partial charge in [0.1, 0.15) is 0 Å². The standard InChI is InChI=1S/C15H27F3O4S/c1-2-3-4-6-9-13-10-7-5-8-11-14(22-13)12-21-23(19,20)15(16,17)18/h13-14H,2-12H2,1H3/t13-,14-/m0/s1. The zero-order valence-electron chi connectivity index (χ0n) is 13.6. The Balaban J connectivity index is 2.48. The van der Waals surface area contributed by atoms with E-state index in [0.29, 0.717) is 6.42 Å².